The Balaban J connectivity index is 1.62. The molecule has 8 nitrogen and oxygen atoms in total. The Kier molecular flexibility index (Phi) is 5.94. The molecular weight excluding hydrogens is 372 g/mol. The molecule has 6 N–H and O–H groups in total. The average molecular weight is 394 g/mol. The van der Waals surface area contributed by atoms with Crippen LogP contribution in [-0.4, -0.2) is 47.4 Å². The van der Waals surface area contributed by atoms with Gasteiger partial charge in [0.25, 0.3) is 0 Å². The minimum Gasteiger partial charge on any atom is -0.508 e. The molecule has 0 aromatic heterocycles. The third-order valence-corrected chi connectivity index (χ3v) is 4.68. The first-order valence-electron chi connectivity index (χ1n) is 9.07. The van der Waals surface area contributed by atoms with Gasteiger partial charge in [-0.15, -0.1) is 0 Å². The molecule has 1 aliphatic rings. The Morgan fingerprint density at radius 3 is 2.14 bits per heavy atom. The van der Waals surface area contributed by atoms with Gasteiger partial charge in [-0.2, -0.15) is 0 Å². The average Bonchev–Trinajstić information content (AvgIpc) is 2.69. The summed E-state index contributed by atoms with van der Waals surface area (Å²) < 4.78 is 0. The van der Waals surface area contributed by atoms with E-state index in [1.165, 1.54) is 23.8 Å². The molecule has 0 atom stereocenters. The lowest BCUT2D eigenvalue weighted by Gasteiger charge is -2.26. The maximum absolute atomic E-state index is 12.4. The summed E-state index contributed by atoms with van der Waals surface area (Å²) in [6.45, 7) is 1.47. The summed E-state index contributed by atoms with van der Waals surface area (Å²) in [5, 5.41) is 12.1. The van der Waals surface area contributed by atoms with Crippen LogP contribution in [0.1, 0.15) is 32.7 Å². The van der Waals surface area contributed by atoms with Gasteiger partial charge in [-0.1, -0.05) is 18.2 Å². The molecular formula is C21H22N4O4. The molecule has 0 saturated heterocycles. The lowest BCUT2D eigenvalue weighted by molar-refractivity contribution is -0.117. The number of nitrogens with two attached hydrogens (primary N) is 2. The molecule has 0 bridgehead atoms. The van der Waals surface area contributed by atoms with E-state index in [4.69, 9.17) is 11.5 Å². The maximum Gasteiger partial charge on any atom is 0.248 e. The number of nitrogens with one attached hydrogen (secondary N) is 1. The van der Waals surface area contributed by atoms with E-state index >= 15 is 0 Å². The minimum atomic E-state index is -0.716. The number of carbonyl (C=O) groups excluding carboxylic acids is 3. The zero-order chi connectivity index (χ0) is 21.0. The van der Waals surface area contributed by atoms with E-state index in [1.807, 2.05) is 17.0 Å². The Bertz CT molecular complexity index is 950. The fourth-order valence-corrected chi connectivity index (χ4v) is 3.18. The molecule has 2 aromatic carbocycles. The predicted molar refractivity (Wildman–Crippen MR) is 109 cm³/mol. The smallest absolute Gasteiger partial charge is 0.248 e. The van der Waals surface area contributed by atoms with E-state index in [2.05, 4.69) is 11.4 Å². The van der Waals surface area contributed by atoms with Crippen molar-refractivity contribution >= 4 is 29.0 Å². The zero-order valence-corrected chi connectivity index (χ0v) is 15.7. The highest BCUT2D eigenvalue weighted by Gasteiger charge is 2.17. The van der Waals surface area contributed by atoms with Crippen molar-refractivity contribution in [3.8, 4) is 5.75 Å². The fraction of sp³-hybridized carbons (Fsp3) is 0.190. The van der Waals surface area contributed by atoms with Gasteiger partial charge in [0.15, 0.2) is 0 Å². The highest BCUT2D eigenvalue weighted by molar-refractivity contribution is 6.02. The standard InChI is InChI=1S/C21H22N4O4/c22-20(28)15-9-16(21(23)29)11-17(10-15)24-19(27)12-25-7-5-14(6-8-25)13-1-3-18(26)4-2-13/h1-5,9-11,26H,6-8,12H2,(H2,22,28)(H2,23,29)(H,24,27). The van der Waals surface area contributed by atoms with Gasteiger partial charge in [0.1, 0.15) is 5.75 Å². The van der Waals surface area contributed by atoms with Gasteiger partial charge in [0, 0.05) is 29.9 Å². The second-order valence-corrected chi connectivity index (χ2v) is 6.84. The molecule has 3 amide bonds. The van der Waals surface area contributed by atoms with Gasteiger partial charge in [0.05, 0.1) is 6.54 Å². The van der Waals surface area contributed by atoms with Crippen molar-refractivity contribution in [3.63, 3.8) is 0 Å². The number of phenolic OH excluding ortho intramolecular Hbond substituents is 1. The number of hydrogen-bond donors (Lipinski definition) is 4. The molecule has 3 rings (SSSR count). The summed E-state index contributed by atoms with van der Waals surface area (Å²) in [7, 11) is 0. The van der Waals surface area contributed by atoms with E-state index in [1.54, 1.807) is 12.1 Å². The van der Waals surface area contributed by atoms with Crippen LogP contribution in [0.4, 0.5) is 5.69 Å². The number of aromatic hydroxyl groups is 1. The lowest BCUT2D eigenvalue weighted by Crippen LogP contribution is -2.36. The number of carbonyl (C=O) groups is 3. The van der Waals surface area contributed by atoms with Crippen LogP contribution < -0.4 is 16.8 Å². The summed E-state index contributed by atoms with van der Waals surface area (Å²) in [5.74, 6) is -1.48. The second-order valence-electron chi connectivity index (χ2n) is 6.84. The first-order valence-corrected chi connectivity index (χ1v) is 9.07. The highest BCUT2D eigenvalue weighted by atomic mass is 16.3. The van der Waals surface area contributed by atoms with Crippen molar-refractivity contribution in [2.75, 3.05) is 25.0 Å². The topological polar surface area (TPSA) is 139 Å². The number of nitrogens with zero attached hydrogens (tertiary/aromatic N) is 1. The van der Waals surface area contributed by atoms with Crippen molar-refractivity contribution in [3.05, 3.63) is 65.2 Å². The number of primary amides is 2. The molecule has 0 radical (unpaired) electrons. The molecule has 0 spiro atoms. The molecule has 1 heterocycles. The third-order valence-electron chi connectivity index (χ3n) is 4.68. The lowest BCUT2D eigenvalue weighted by atomic mass is 9.99. The van der Waals surface area contributed by atoms with Crippen LogP contribution in [0, 0.1) is 0 Å². The molecule has 0 aliphatic carbocycles. The summed E-state index contributed by atoms with van der Waals surface area (Å²) in [6.07, 6.45) is 2.84. The number of amides is 3. The van der Waals surface area contributed by atoms with E-state index in [-0.39, 0.29) is 35.0 Å². The van der Waals surface area contributed by atoms with Crippen LogP contribution in [0.15, 0.2) is 48.5 Å². The van der Waals surface area contributed by atoms with Gasteiger partial charge in [0.2, 0.25) is 17.7 Å². The highest BCUT2D eigenvalue weighted by Crippen LogP contribution is 2.24. The molecule has 1 aliphatic heterocycles. The molecule has 0 fully saturated rings. The van der Waals surface area contributed by atoms with Gasteiger partial charge in [-0.25, -0.2) is 0 Å². The number of phenols is 1. The number of anilines is 1. The number of rotatable bonds is 6. The van der Waals surface area contributed by atoms with E-state index in [0.29, 0.717) is 13.1 Å². The quantitative estimate of drug-likeness (QED) is 0.585. The van der Waals surface area contributed by atoms with Gasteiger partial charge < -0.3 is 21.9 Å². The van der Waals surface area contributed by atoms with E-state index in [9.17, 15) is 19.5 Å². The number of hydrogen-bond acceptors (Lipinski definition) is 5. The molecule has 2 aromatic rings. The van der Waals surface area contributed by atoms with E-state index < -0.39 is 11.8 Å². The largest absolute Gasteiger partial charge is 0.508 e. The fourth-order valence-electron chi connectivity index (χ4n) is 3.18. The minimum absolute atomic E-state index is 0.0936. The molecule has 150 valence electrons. The normalized spacial score (nSPS) is 14.1. The predicted octanol–water partition coefficient (Wildman–Crippen LogP) is 1.32. The molecule has 29 heavy (non-hydrogen) atoms. The van der Waals surface area contributed by atoms with Crippen molar-refractivity contribution in [2.45, 2.75) is 6.42 Å². The van der Waals surface area contributed by atoms with E-state index in [0.717, 1.165) is 12.0 Å². The first kappa shape index (κ1) is 20.1. The van der Waals surface area contributed by atoms with Crippen molar-refractivity contribution in [2.24, 2.45) is 11.5 Å². The van der Waals surface area contributed by atoms with Crippen LogP contribution in [0.5, 0.6) is 5.75 Å². The summed E-state index contributed by atoms with van der Waals surface area (Å²) in [5.41, 5.74) is 13.2. The monoisotopic (exact) mass is 394 g/mol. The van der Waals surface area contributed by atoms with Gasteiger partial charge in [-0.05, 0) is 47.9 Å². The Labute approximate surface area is 167 Å². The van der Waals surface area contributed by atoms with Crippen molar-refractivity contribution < 1.29 is 19.5 Å². The second kappa shape index (κ2) is 8.57. The van der Waals surface area contributed by atoms with Gasteiger partial charge >= 0.3 is 0 Å². The van der Waals surface area contributed by atoms with Crippen molar-refractivity contribution in [1.82, 2.24) is 4.90 Å². The molecule has 0 saturated carbocycles. The third kappa shape index (κ3) is 5.20. The van der Waals surface area contributed by atoms with Crippen LogP contribution >= 0.6 is 0 Å². The molecule has 0 unspecified atom stereocenters. The van der Waals surface area contributed by atoms with Crippen LogP contribution in [-0.2, 0) is 4.79 Å². The maximum atomic E-state index is 12.4. The Hall–Kier alpha value is -3.65. The summed E-state index contributed by atoms with van der Waals surface area (Å²) in [4.78, 5) is 37.2. The Morgan fingerprint density at radius 1 is 1.00 bits per heavy atom. The first-order chi connectivity index (χ1) is 13.8. The summed E-state index contributed by atoms with van der Waals surface area (Å²) >= 11 is 0. The molecule has 8 heteroatoms. The Morgan fingerprint density at radius 2 is 1.62 bits per heavy atom. The van der Waals surface area contributed by atoms with Crippen LogP contribution in [0.25, 0.3) is 5.57 Å². The van der Waals surface area contributed by atoms with Crippen LogP contribution in [0.3, 0.4) is 0 Å². The summed E-state index contributed by atoms with van der Waals surface area (Å²) in [6, 6.07) is 11.1. The van der Waals surface area contributed by atoms with Crippen LogP contribution in [0.2, 0.25) is 0 Å². The SMILES string of the molecule is NC(=O)c1cc(NC(=O)CN2CC=C(c3ccc(O)cc3)CC2)cc(C(N)=O)c1. The zero-order valence-electron chi connectivity index (χ0n) is 15.7. The van der Waals surface area contributed by atoms with Crippen molar-refractivity contribution in [1.29, 1.82) is 0 Å². The van der Waals surface area contributed by atoms with Gasteiger partial charge in [-0.3, -0.25) is 19.3 Å². The number of benzene rings is 2.